The quantitative estimate of drug-likeness (QED) is 0.660. The zero-order valence-corrected chi connectivity index (χ0v) is 7.66. The predicted molar refractivity (Wildman–Crippen MR) is 47.9 cm³/mol. The first-order valence-corrected chi connectivity index (χ1v) is 4.47. The number of nitrogens with two attached hydrogens (primary N) is 1. The summed E-state index contributed by atoms with van der Waals surface area (Å²) in [6, 6.07) is 0. The molecule has 1 atom stereocenters. The van der Waals surface area contributed by atoms with E-state index in [1.165, 1.54) is 5.56 Å². The molecule has 0 saturated heterocycles. The Morgan fingerprint density at radius 3 is 3.23 bits per heavy atom. The SMILES string of the molecule is Cn1cc2c(n1)CCC(C(N)=O)C2. The van der Waals surface area contributed by atoms with E-state index < -0.39 is 0 Å². The van der Waals surface area contributed by atoms with Gasteiger partial charge in [-0.1, -0.05) is 0 Å². The number of aryl methyl sites for hydroxylation is 2. The minimum Gasteiger partial charge on any atom is -0.369 e. The van der Waals surface area contributed by atoms with Gasteiger partial charge in [-0.25, -0.2) is 0 Å². The lowest BCUT2D eigenvalue weighted by atomic mass is 9.87. The van der Waals surface area contributed by atoms with Crippen LogP contribution >= 0.6 is 0 Å². The molecule has 13 heavy (non-hydrogen) atoms. The number of amides is 1. The zero-order chi connectivity index (χ0) is 9.42. The number of primary amides is 1. The molecule has 4 heteroatoms. The normalized spacial score (nSPS) is 21.2. The summed E-state index contributed by atoms with van der Waals surface area (Å²) in [7, 11) is 1.90. The molecule has 70 valence electrons. The van der Waals surface area contributed by atoms with Crippen LogP contribution in [0.1, 0.15) is 17.7 Å². The second-order valence-corrected chi connectivity index (χ2v) is 3.62. The van der Waals surface area contributed by atoms with Crippen molar-refractivity contribution in [2.45, 2.75) is 19.3 Å². The summed E-state index contributed by atoms with van der Waals surface area (Å²) >= 11 is 0. The van der Waals surface area contributed by atoms with Crippen molar-refractivity contribution in [2.75, 3.05) is 0 Å². The standard InChI is InChI=1S/C9H13N3O/c1-12-5-7-4-6(9(10)13)2-3-8(7)11-12/h5-6H,2-4H2,1H3,(H2,10,13). The number of hydrogen-bond donors (Lipinski definition) is 1. The Bertz CT molecular complexity index is 343. The van der Waals surface area contributed by atoms with Crippen LogP contribution in [0.2, 0.25) is 0 Å². The fraction of sp³-hybridized carbons (Fsp3) is 0.556. The van der Waals surface area contributed by atoms with E-state index in [0.29, 0.717) is 0 Å². The smallest absolute Gasteiger partial charge is 0.220 e. The van der Waals surface area contributed by atoms with Gasteiger partial charge in [-0.3, -0.25) is 9.48 Å². The van der Waals surface area contributed by atoms with Crippen molar-refractivity contribution in [3.8, 4) is 0 Å². The summed E-state index contributed by atoms with van der Waals surface area (Å²) in [5.41, 5.74) is 7.57. The minimum atomic E-state index is -0.186. The van der Waals surface area contributed by atoms with Crippen molar-refractivity contribution >= 4 is 5.91 Å². The van der Waals surface area contributed by atoms with Gasteiger partial charge in [0.15, 0.2) is 0 Å². The molecule has 1 aliphatic rings. The van der Waals surface area contributed by atoms with Gasteiger partial charge >= 0.3 is 0 Å². The molecule has 1 aliphatic carbocycles. The molecule has 0 aliphatic heterocycles. The lowest BCUT2D eigenvalue weighted by Crippen LogP contribution is -2.28. The maximum absolute atomic E-state index is 11.0. The highest BCUT2D eigenvalue weighted by atomic mass is 16.1. The molecule has 0 aromatic carbocycles. The molecule has 2 rings (SSSR count). The van der Waals surface area contributed by atoms with Crippen molar-refractivity contribution in [1.29, 1.82) is 0 Å². The number of aromatic nitrogens is 2. The average molecular weight is 179 g/mol. The number of carbonyl (C=O) groups excluding carboxylic acids is 1. The third kappa shape index (κ3) is 1.43. The number of hydrogen-bond acceptors (Lipinski definition) is 2. The Hall–Kier alpha value is -1.32. The fourth-order valence-electron chi connectivity index (χ4n) is 1.89. The van der Waals surface area contributed by atoms with Gasteiger partial charge in [0.05, 0.1) is 5.69 Å². The first-order valence-electron chi connectivity index (χ1n) is 4.47. The van der Waals surface area contributed by atoms with Gasteiger partial charge in [0, 0.05) is 19.2 Å². The van der Waals surface area contributed by atoms with E-state index in [1.54, 1.807) is 4.68 Å². The highest BCUT2D eigenvalue weighted by molar-refractivity contribution is 5.77. The summed E-state index contributed by atoms with van der Waals surface area (Å²) < 4.78 is 1.80. The molecule has 1 heterocycles. The van der Waals surface area contributed by atoms with Crippen LogP contribution in [0.25, 0.3) is 0 Å². The molecule has 0 spiro atoms. The van der Waals surface area contributed by atoms with Crippen LogP contribution in [0, 0.1) is 5.92 Å². The Morgan fingerprint density at radius 1 is 1.77 bits per heavy atom. The lowest BCUT2D eigenvalue weighted by molar-refractivity contribution is -0.122. The molecule has 0 bridgehead atoms. The summed E-state index contributed by atoms with van der Waals surface area (Å²) in [5, 5.41) is 4.31. The monoisotopic (exact) mass is 179 g/mol. The molecule has 1 aromatic rings. The van der Waals surface area contributed by atoms with Crippen LogP contribution in [0.15, 0.2) is 6.20 Å². The summed E-state index contributed by atoms with van der Waals surface area (Å²) in [5.74, 6) is -0.175. The van der Waals surface area contributed by atoms with Crippen molar-refractivity contribution < 1.29 is 4.79 Å². The fourth-order valence-corrected chi connectivity index (χ4v) is 1.89. The van der Waals surface area contributed by atoms with Gasteiger partial charge in [0.2, 0.25) is 5.91 Å². The zero-order valence-electron chi connectivity index (χ0n) is 7.66. The van der Waals surface area contributed by atoms with E-state index in [0.717, 1.165) is 25.0 Å². The molecule has 1 unspecified atom stereocenters. The van der Waals surface area contributed by atoms with Crippen molar-refractivity contribution in [1.82, 2.24) is 9.78 Å². The molecular weight excluding hydrogens is 166 g/mol. The Morgan fingerprint density at radius 2 is 2.54 bits per heavy atom. The van der Waals surface area contributed by atoms with E-state index in [-0.39, 0.29) is 11.8 Å². The van der Waals surface area contributed by atoms with Crippen molar-refractivity contribution in [2.24, 2.45) is 18.7 Å². The van der Waals surface area contributed by atoms with E-state index in [9.17, 15) is 4.79 Å². The maximum atomic E-state index is 11.0. The van der Waals surface area contributed by atoms with Gasteiger partial charge in [0.1, 0.15) is 0 Å². The van der Waals surface area contributed by atoms with Crippen LogP contribution in [0.5, 0.6) is 0 Å². The molecule has 0 saturated carbocycles. The topological polar surface area (TPSA) is 60.9 Å². The second-order valence-electron chi connectivity index (χ2n) is 3.62. The Kier molecular flexibility index (Phi) is 1.83. The third-order valence-corrected chi connectivity index (χ3v) is 2.59. The largest absolute Gasteiger partial charge is 0.369 e. The van der Waals surface area contributed by atoms with E-state index in [1.807, 2.05) is 13.2 Å². The highest BCUT2D eigenvalue weighted by Gasteiger charge is 2.24. The molecule has 2 N–H and O–H groups in total. The molecule has 1 amide bonds. The first kappa shape index (κ1) is 8.29. The van der Waals surface area contributed by atoms with Gasteiger partial charge in [-0.05, 0) is 24.8 Å². The van der Waals surface area contributed by atoms with Crippen LogP contribution in [-0.2, 0) is 24.7 Å². The number of fused-ring (bicyclic) bond motifs is 1. The van der Waals surface area contributed by atoms with E-state index in [4.69, 9.17) is 5.73 Å². The van der Waals surface area contributed by atoms with E-state index in [2.05, 4.69) is 5.10 Å². The Balaban J connectivity index is 2.24. The lowest BCUT2D eigenvalue weighted by Gasteiger charge is -2.17. The summed E-state index contributed by atoms with van der Waals surface area (Å²) in [4.78, 5) is 11.0. The predicted octanol–water partition coefficient (Wildman–Crippen LogP) is 0.0103. The number of rotatable bonds is 1. The average Bonchev–Trinajstić information content (AvgIpc) is 2.42. The molecule has 4 nitrogen and oxygen atoms in total. The van der Waals surface area contributed by atoms with Gasteiger partial charge < -0.3 is 5.73 Å². The minimum absolute atomic E-state index is 0.0108. The second kappa shape index (κ2) is 2.87. The van der Waals surface area contributed by atoms with Gasteiger partial charge in [0.25, 0.3) is 0 Å². The van der Waals surface area contributed by atoms with Crippen molar-refractivity contribution in [3.05, 3.63) is 17.5 Å². The third-order valence-electron chi connectivity index (χ3n) is 2.59. The van der Waals surface area contributed by atoms with Crippen LogP contribution in [0.4, 0.5) is 0 Å². The number of nitrogens with zero attached hydrogens (tertiary/aromatic N) is 2. The van der Waals surface area contributed by atoms with Gasteiger partial charge in [-0.15, -0.1) is 0 Å². The van der Waals surface area contributed by atoms with Crippen LogP contribution in [0.3, 0.4) is 0 Å². The maximum Gasteiger partial charge on any atom is 0.220 e. The van der Waals surface area contributed by atoms with Crippen molar-refractivity contribution in [3.63, 3.8) is 0 Å². The molecule has 1 aromatic heterocycles. The summed E-state index contributed by atoms with van der Waals surface area (Å²) in [6.45, 7) is 0. The highest BCUT2D eigenvalue weighted by Crippen LogP contribution is 2.23. The van der Waals surface area contributed by atoms with E-state index >= 15 is 0 Å². The van der Waals surface area contributed by atoms with Gasteiger partial charge in [-0.2, -0.15) is 5.10 Å². The first-order chi connectivity index (χ1) is 6.16. The molecule has 0 fully saturated rings. The summed E-state index contributed by atoms with van der Waals surface area (Å²) in [6.07, 6.45) is 4.46. The van der Waals surface area contributed by atoms with Crippen LogP contribution in [-0.4, -0.2) is 15.7 Å². The molecule has 0 radical (unpaired) electrons. The Labute approximate surface area is 76.7 Å². The molecular formula is C9H13N3O. The van der Waals surface area contributed by atoms with Crippen LogP contribution < -0.4 is 5.73 Å². The number of carbonyl (C=O) groups is 1.